The van der Waals surface area contributed by atoms with Crippen molar-refractivity contribution in [3.05, 3.63) is 76.5 Å². The monoisotopic (exact) mass is 415 g/mol. The van der Waals surface area contributed by atoms with E-state index in [4.69, 9.17) is 5.11 Å². The van der Waals surface area contributed by atoms with Gasteiger partial charge < -0.3 is 15.5 Å². The van der Waals surface area contributed by atoms with Gasteiger partial charge in [0, 0.05) is 6.07 Å². The molecule has 0 saturated heterocycles. The van der Waals surface area contributed by atoms with E-state index in [0.29, 0.717) is 5.69 Å². The zero-order valence-corrected chi connectivity index (χ0v) is 16.2. The predicted octanol–water partition coefficient (Wildman–Crippen LogP) is 3.42. The Morgan fingerprint density at radius 3 is 2.50 bits per heavy atom. The quantitative estimate of drug-likeness (QED) is 0.572. The van der Waals surface area contributed by atoms with Crippen LogP contribution in [-0.4, -0.2) is 31.9 Å². The highest BCUT2D eigenvalue weighted by Gasteiger charge is 2.23. The van der Waals surface area contributed by atoms with Gasteiger partial charge in [-0.25, -0.2) is 13.5 Å². The summed E-state index contributed by atoms with van der Waals surface area (Å²) in [6, 6.07) is 8.42. The zero-order valence-electron chi connectivity index (χ0n) is 16.2. The van der Waals surface area contributed by atoms with E-state index in [1.165, 1.54) is 10.7 Å². The molecule has 0 aliphatic rings. The molecule has 1 heterocycles. The molecule has 1 unspecified atom stereocenters. The number of aliphatic carboxylic acids is 1. The second kappa shape index (κ2) is 8.32. The van der Waals surface area contributed by atoms with Crippen LogP contribution in [0.1, 0.15) is 39.6 Å². The lowest BCUT2D eigenvalue weighted by Gasteiger charge is -2.17. The Kier molecular flexibility index (Phi) is 5.81. The summed E-state index contributed by atoms with van der Waals surface area (Å²) in [5, 5.41) is 25.9. The summed E-state index contributed by atoms with van der Waals surface area (Å²) in [5.41, 5.74) is 2.25. The van der Waals surface area contributed by atoms with E-state index in [-0.39, 0.29) is 17.1 Å². The van der Waals surface area contributed by atoms with Crippen LogP contribution in [0.15, 0.2) is 42.5 Å². The highest BCUT2D eigenvalue weighted by Crippen LogP contribution is 2.24. The SMILES string of the molecule is Cc1ccc(C)c(-n2nc(C(=O)NC(CC(=O)O)c3ccc(F)c(F)c3)cc2O)c1. The summed E-state index contributed by atoms with van der Waals surface area (Å²) in [4.78, 5) is 23.8. The van der Waals surface area contributed by atoms with Gasteiger partial charge in [-0.15, -0.1) is 0 Å². The van der Waals surface area contributed by atoms with E-state index >= 15 is 0 Å². The number of carbonyl (C=O) groups is 2. The minimum absolute atomic E-state index is 0.0860. The lowest BCUT2D eigenvalue weighted by atomic mass is 10.0. The van der Waals surface area contributed by atoms with E-state index in [2.05, 4.69) is 10.4 Å². The standard InChI is InChI=1S/C21H19F2N3O4/c1-11-3-4-12(2)18(7-11)26-19(27)9-17(25-26)21(30)24-16(10-20(28)29)13-5-6-14(22)15(23)8-13/h3-9,16,27H,10H2,1-2H3,(H,24,30)(H,28,29). The number of aromatic hydroxyl groups is 1. The average molecular weight is 415 g/mol. The number of carboxylic acid groups (broad SMARTS) is 1. The van der Waals surface area contributed by atoms with Gasteiger partial charge in [0.1, 0.15) is 0 Å². The minimum Gasteiger partial charge on any atom is -0.493 e. The van der Waals surface area contributed by atoms with Crippen molar-refractivity contribution in [1.82, 2.24) is 15.1 Å². The molecule has 0 spiro atoms. The van der Waals surface area contributed by atoms with Crippen LogP contribution in [0, 0.1) is 25.5 Å². The molecule has 3 aromatic rings. The van der Waals surface area contributed by atoms with Gasteiger partial charge in [0.2, 0.25) is 5.88 Å². The van der Waals surface area contributed by atoms with Crippen molar-refractivity contribution in [2.75, 3.05) is 0 Å². The Bertz CT molecular complexity index is 1130. The lowest BCUT2D eigenvalue weighted by Crippen LogP contribution is -2.30. The third kappa shape index (κ3) is 4.45. The van der Waals surface area contributed by atoms with Crippen LogP contribution >= 0.6 is 0 Å². The summed E-state index contributed by atoms with van der Waals surface area (Å²) in [7, 11) is 0. The van der Waals surface area contributed by atoms with Crippen molar-refractivity contribution in [2.24, 2.45) is 0 Å². The van der Waals surface area contributed by atoms with Crippen molar-refractivity contribution in [2.45, 2.75) is 26.3 Å². The number of aryl methyl sites for hydroxylation is 2. The maximum absolute atomic E-state index is 13.6. The first-order valence-electron chi connectivity index (χ1n) is 9.00. The molecule has 0 fully saturated rings. The van der Waals surface area contributed by atoms with Crippen LogP contribution in [0.25, 0.3) is 5.69 Å². The molecular weight excluding hydrogens is 396 g/mol. The molecular formula is C21H19F2N3O4. The molecule has 0 aliphatic heterocycles. The van der Waals surface area contributed by atoms with Crippen molar-refractivity contribution in [3.63, 3.8) is 0 Å². The molecule has 3 N–H and O–H groups in total. The van der Waals surface area contributed by atoms with Crippen LogP contribution in [0.4, 0.5) is 8.78 Å². The van der Waals surface area contributed by atoms with E-state index < -0.39 is 36.0 Å². The third-order valence-electron chi connectivity index (χ3n) is 4.55. The molecule has 2 aromatic carbocycles. The Morgan fingerprint density at radius 1 is 1.10 bits per heavy atom. The first kappa shape index (κ1) is 21.0. The van der Waals surface area contributed by atoms with Crippen molar-refractivity contribution in [1.29, 1.82) is 0 Å². The summed E-state index contributed by atoms with van der Waals surface area (Å²) in [5.74, 6) is -4.54. The van der Waals surface area contributed by atoms with Crippen LogP contribution in [-0.2, 0) is 4.79 Å². The van der Waals surface area contributed by atoms with Gasteiger partial charge in [-0.05, 0) is 48.7 Å². The molecule has 0 aliphatic carbocycles. The lowest BCUT2D eigenvalue weighted by molar-refractivity contribution is -0.137. The molecule has 9 heteroatoms. The van der Waals surface area contributed by atoms with Crippen LogP contribution < -0.4 is 5.32 Å². The number of halogens is 2. The Morgan fingerprint density at radius 2 is 1.83 bits per heavy atom. The number of amides is 1. The van der Waals surface area contributed by atoms with Crippen molar-refractivity contribution < 1.29 is 28.6 Å². The number of benzene rings is 2. The molecule has 1 amide bonds. The van der Waals surface area contributed by atoms with Crippen molar-refractivity contribution >= 4 is 11.9 Å². The topological polar surface area (TPSA) is 104 Å². The van der Waals surface area contributed by atoms with Crippen LogP contribution in [0.5, 0.6) is 5.88 Å². The molecule has 0 bridgehead atoms. The van der Waals surface area contributed by atoms with Gasteiger partial charge in [0.25, 0.3) is 5.91 Å². The molecule has 1 atom stereocenters. The number of hydrogen-bond acceptors (Lipinski definition) is 4. The first-order valence-corrected chi connectivity index (χ1v) is 9.00. The number of rotatable bonds is 6. The number of nitrogens with zero attached hydrogens (tertiary/aromatic N) is 2. The number of hydrogen-bond donors (Lipinski definition) is 3. The highest BCUT2D eigenvalue weighted by atomic mass is 19.2. The second-order valence-electron chi connectivity index (χ2n) is 6.89. The predicted molar refractivity (Wildman–Crippen MR) is 104 cm³/mol. The maximum Gasteiger partial charge on any atom is 0.305 e. The largest absolute Gasteiger partial charge is 0.493 e. The summed E-state index contributed by atoms with van der Waals surface area (Å²) in [6.07, 6.45) is -0.555. The minimum atomic E-state index is -1.24. The van der Waals surface area contributed by atoms with E-state index in [0.717, 1.165) is 29.3 Å². The van der Waals surface area contributed by atoms with Gasteiger partial charge in [-0.1, -0.05) is 18.2 Å². The smallest absolute Gasteiger partial charge is 0.305 e. The molecule has 156 valence electrons. The van der Waals surface area contributed by atoms with E-state index in [1.807, 2.05) is 26.0 Å². The number of nitrogens with one attached hydrogen (secondary N) is 1. The summed E-state index contributed by atoms with van der Waals surface area (Å²) < 4.78 is 28.0. The normalized spacial score (nSPS) is 11.9. The molecule has 30 heavy (non-hydrogen) atoms. The zero-order chi connectivity index (χ0) is 22.0. The van der Waals surface area contributed by atoms with Gasteiger partial charge >= 0.3 is 5.97 Å². The van der Waals surface area contributed by atoms with Gasteiger partial charge in [0.05, 0.1) is 18.2 Å². The average Bonchev–Trinajstić information content (AvgIpc) is 3.06. The van der Waals surface area contributed by atoms with E-state index in [9.17, 15) is 23.5 Å². The first-order chi connectivity index (χ1) is 14.2. The number of aromatic nitrogens is 2. The van der Waals surface area contributed by atoms with Crippen molar-refractivity contribution in [3.8, 4) is 11.6 Å². The van der Waals surface area contributed by atoms with Crippen LogP contribution in [0.3, 0.4) is 0 Å². The van der Waals surface area contributed by atoms with Gasteiger partial charge in [-0.2, -0.15) is 5.10 Å². The van der Waals surface area contributed by atoms with Gasteiger partial charge in [0.15, 0.2) is 17.3 Å². The highest BCUT2D eigenvalue weighted by molar-refractivity contribution is 5.93. The number of carboxylic acids is 1. The second-order valence-corrected chi connectivity index (χ2v) is 6.89. The Hall–Kier alpha value is -3.75. The third-order valence-corrected chi connectivity index (χ3v) is 4.55. The number of carbonyl (C=O) groups excluding carboxylic acids is 1. The molecule has 3 rings (SSSR count). The van der Waals surface area contributed by atoms with Crippen LogP contribution in [0.2, 0.25) is 0 Å². The molecule has 1 aromatic heterocycles. The Balaban J connectivity index is 1.90. The fourth-order valence-corrected chi connectivity index (χ4v) is 3.00. The fraction of sp³-hybridized carbons (Fsp3) is 0.190. The molecule has 7 nitrogen and oxygen atoms in total. The maximum atomic E-state index is 13.6. The molecule has 0 saturated carbocycles. The fourth-order valence-electron chi connectivity index (χ4n) is 3.00. The Labute approximate surface area is 170 Å². The van der Waals surface area contributed by atoms with Gasteiger partial charge in [-0.3, -0.25) is 9.59 Å². The molecule has 0 radical (unpaired) electrons. The summed E-state index contributed by atoms with van der Waals surface area (Å²) in [6.45, 7) is 3.69. The van der Waals surface area contributed by atoms with E-state index in [1.54, 1.807) is 6.07 Å². The summed E-state index contributed by atoms with van der Waals surface area (Å²) >= 11 is 0.